The number of carbonyl (C=O) groups excluding carboxylic acids is 1. The molecule has 0 aliphatic rings. The summed E-state index contributed by atoms with van der Waals surface area (Å²) in [4.78, 5) is 15.1. The summed E-state index contributed by atoms with van der Waals surface area (Å²) in [6, 6.07) is 5.51. The van der Waals surface area contributed by atoms with Crippen molar-refractivity contribution in [3.05, 3.63) is 30.6 Å². The van der Waals surface area contributed by atoms with Gasteiger partial charge in [0.05, 0.1) is 19.0 Å². The summed E-state index contributed by atoms with van der Waals surface area (Å²) in [5.41, 5.74) is 1.35. The van der Waals surface area contributed by atoms with Crippen molar-refractivity contribution in [1.29, 1.82) is 0 Å². The molecule has 2 aromatic rings. The second kappa shape index (κ2) is 4.52. The van der Waals surface area contributed by atoms with Gasteiger partial charge < -0.3 is 4.74 Å². The highest BCUT2D eigenvalue weighted by Gasteiger charge is 2.07. The van der Waals surface area contributed by atoms with Crippen molar-refractivity contribution in [2.24, 2.45) is 0 Å². The molecule has 0 aromatic carbocycles. The molecule has 0 amide bonds. The summed E-state index contributed by atoms with van der Waals surface area (Å²) < 4.78 is 5.94. The van der Waals surface area contributed by atoms with Crippen LogP contribution in [-0.2, 0) is 16.1 Å². The molecule has 82 valence electrons. The van der Waals surface area contributed by atoms with Crippen molar-refractivity contribution < 1.29 is 9.53 Å². The normalized spacial score (nSPS) is 10.1. The van der Waals surface area contributed by atoms with Gasteiger partial charge in [0.15, 0.2) is 0 Å². The van der Waals surface area contributed by atoms with Crippen LogP contribution >= 0.6 is 0 Å². The fraction of sp³-hybridized carbons (Fsp3) is 0.200. The quantitative estimate of drug-likeness (QED) is 0.702. The van der Waals surface area contributed by atoms with E-state index in [4.69, 9.17) is 0 Å². The zero-order valence-corrected chi connectivity index (χ0v) is 8.70. The Kier molecular flexibility index (Phi) is 2.90. The highest BCUT2D eigenvalue weighted by atomic mass is 16.5. The third kappa shape index (κ3) is 2.22. The van der Waals surface area contributed by atoms with Crippen LogP contribution in [0.25, 0.3) is 11.4 Å². The maximum absolute atomic E-state index is 11.0. The summed E-state index contributed by atoms with van der Waals surface area (Å²) in [5, 5.41) is 7.72. The molecule has 0 aliphatic heterocycles. The third-order valence-electron chi connectivity index (χ3n) is 1.98. The zero-order valence-electron chi connectivity index (χ0n) is 8.70. The van der Waals surface area contributed by atoms with Crippen LogP contribution in [0.3, 0.4) is 0 Å². The van der Waals surface area contributed by atoms with Crippen LogP contribution in [0.4, 0.5) is 0 Å². The topological polar surface area (TPSA) is 69.9 Å². The molecule has 0 bridgehead atoms. The molecular weight excluding hydrogens is 208 g/mol. The summed E-state index contributed by atoms with van der Waals surface area (Å²) in [6.07, 6.45) is 3.33. The minimum absolute atomic E-state index is 0.0519. The van der Waals surface area contributed by atoms with E-state index in [1.54, 1.807) is 12.4 Å². The molecule has 6 heteroatoms. The molecular formula is C10H10N4O2. The Labute approximate surface area is 91.9 Å². The van der Waals surface area contributed by atoms with E-state index in [0.29, 0.717) is 5.69 Å². The molecule has 6 nitrogen and oxygen atoms in total. The van der Waals surface area contributed by atoms with Gasteiger partial charge in [-0.15, -0.1) is 5.10 Å². The van der Waals surface area contributed by atoms with Gasteiger partial charge in [0.1, 0.15) is 12.2 Å². The Morgan fingerprint density at radius 3 is 3.00 bits per heavy atom. The molecule has 0 radical (unpaired) electrons. The van der Waals surface area contributed by atoms with Crippen LogP contribution in [0.2, 0.25) is 0 Å². The largest absolute Gasteiger partial charge is 0.468 e. The van der Waals surface area contributed by atoms with E-state index in [-0.39, 0.29) is 12.5 Å². The second-order valence-corrected chi connectivity index (χ2v) is 3.09. The van der Waals surface area contributed by atoms with Crippen molar-refractivity contribution in [3.8, 4) is 11.4 Å². The van der Waals surface area contributed by atoms with Gasteiger partial charge in [0, 0.05) is 6.20 Å². The Bertz CT molecular complexity index is 481. The average Bonchev–Trinajstić information content (AvgIpc) is 2.78. The number of aromatic nitrogens is 4. The van der Waals surface area contributed by atoms with Gasteiger partial charge in [-0.3, -0.25) is 9.78 Å². The van der Waals surface area contributed by atoms with Crippen LogP contribution in [0.15, 0.2) is 30.6 Å². The first-order valence-corrected chi connectivity index (χ1v) is 4.68. The molecule has 2 aromatic heterocycles. The first-order chi connectivity index (χ1) is 7.79. The number of methoxy groups -OCH3 is 1. The predicted octanol–water partition coefficient (Wildman–Crippen LogP) is 0.513. The van der Waals surface area contributed by atoms with Crippen molar-refractivity contribution >= 4 is 5.97 Å². The molecule has 0 fully saturated rings. The van der Waals surface area contributed by atoms with E-state index in [9.17, 15) is 4.79 Å². The maximum atomic E-state index is 11.0. The van der Waals surface area contributed by atoms with Gasteiger partial charge >= 0.3 is 5.97 Å². The smallest absolute Gasteiger partial charge is 0.327 e. The van der Waals surface area contributed by atoms with E-state index in [1.165, 1.54) is 11.8 Å². The number of hydrogen-bond donors (Lipinski definition) is 0. The van der Waals surface area contributed by atoms with Crippen LogP contribution < -0.4 is 0 Å². The molecule has 0 aliphatic carbocycles. The first-order valence-electron chi connectivity index (χ1n) is 4.68. The predicted molar refractivity (Wildman–Crippen MR) is 55.3 cm³/mol. The van der Waals surface area contributed by atoms with Crippen LogP contribution in [0.5, 0.6) is 0 Å². The minimum Gasteiger partial charge on any atom is -0.468 e. The molecule has 0 spiro atoms. The molecule has 0 N–H and O–H groups in total. The lowest BCUT2D eigenvalue weighted by Gasteiger charge is -1.96. The van der Waals surface area contributed by atoms with E-state index in [0.717, 1.165) is 5.69 Å². The van der Waals surface area contributed by atoms with Gasteiger partial charge in [0.25, 0.3) is 0 Å². The molecule has 0 unspecified atom stereocenters. The second-order valence-electron chi connectivity index (χ2n) is 3.09. The number of rotatable bonds is 3. The van der Waals surface area contributed by atoms with Crippen LogP contribution in [0.1, 0.15) is 0 Å². The third-order valence-corrected chi connectivity index (χ3v) is 1.98. The Morgan fingerprint density at radius 2 is 2.31 bits per heavy atom. The van der Waals surface area contributed by atoms with Crippen molar-refractivity contribution in [3.63, 3.8) is 0 Å². The summed E-state index contributed by atoms with van der Waals surface area (Å²) in [5.74, 6) is -0.363. The Balaban J connectivity index is 2.17. The molecule has 2 heterocycles. The lowest BCUT2D eigenvalue weighted by Crippen LogP contribution is -2.11. The van der Waals surface area contributed by atoms with Crippen molar-refractivity contribution in [1.82, 2.24) is 20.0 Å². The number of nitrogens with zero attached hydrogens (tertiary/aromatic N) is 4. The van der Waals surface area contributed by atoms with Crippen molar-refractivity contribution in [2.45, 2.75) is 6.54 Å². The van der Waals surface area contributed by atoms with Crippen molar-refractivity contribution in [2.75, 3.05) is 7.11 Å². The lowest BCUT2D eigenvalue weighted by atomic mass is 10.3. The van der Waals surface area contributed by atoms with Crippen LogP contribution in [-0.4, -0.2) is 33.1 Å². The number of esters is 1. The van der Waals surface area contributed by atoms with Gasteiger partial charge in [-0.1, -0.05) is 11.3 Å². The molecule has 0 saturated carbocycles. The monoisotopic (exact) mass is 218 g/mol. The highest BCUT2D eigenvalue weighted by Crippen LogP contribution is 2.11. The molecule has 2 rings (SSSR count). The van der Waals surface area contributed by atoms with Gasteiger partial charge in [0.2, 0.25) is 0 Å². The SMILES string of the molecule is COC(=O)Cn1cc(-c2ccccn2)nn1. The summed E-state index contributed by atoms with van der Waals surface area (Å²) in [7, 11) is 1.33. The average molecular weight is 218 g/mol. The molecule has 16 heavy (non-hydrogen) atoms. The molecule has 0 saturated heterocycles. The van der Waals surface area contributed by atoms with E-state index < -0.39 is 0 Å². The van der Waals surface area contributed by atoms with Gasteiger partial charge in [-0.25, -0.2) is 4.68 Å². The van der Waals surface area contributed by atoms with E-state index in [1.807, 2.05) is 18.2 Å². The van der Waals surface area contributed by atoms with E-state index in [2.05, 4.69) is 20.0 Å². The minimum atomic E-state index is -0.363. The molecule has 0 atom stereocenters. The Hall–Kier alpha value is -2.24. The highest BCUT2D eigenvalue weighted by molar-refractivity contribution is 5.69. The zero-order chi connectivity index (χ0) is 11.4. The Morgan fingerprint density at radius 1 is 1.44 bits per heavy atom. The number of hydrogen-bond acceptors (Lipinski definition) is 5. The first kappa shape index (κ1) is 10.3. The fourth-order valence-corrected chi connectivity index (χ4v) is 1.20. The summed E-state index contributed by atoms with van der Waals surface area (Å²) in [6.45, 7) is 0.0519. The standard InChI is InChI=1S/C10H10N4O2/c1-16-10(15)7-14-6-9(12-13-14)8-4-2-3-5-11-8/h2-6H,7H2,1H3. The number of pyridine rings is 1. The van der Waals surface area contributed by atoms with E-state index >= 15 is 0 Å². The van der Waals surface area contributed by atoms with Gasteiger partial charge in [-0.05, 0) is 12.1 Å². The van der Waals surface area contributed by atoms with Gasteiger partial charge in [-0.2, -0.15) is 0 Å². The lowest BCUT2D eigenvalue weighted by molar-refractivity contribution is -0.141. The number of ether oxygens (including phenoxy) is 1. The maximum Gasteiger partial charge on any atom is 0.327 e. The fourth-order valence-electron chi connectivity index (χ4n) is 1.20. The summed E-state index contributed by atoms with van der Waals surface area (Å²) >= 11 is 0. The number of carbonyl (C=O) groups is 1. The van der Waals surface area contributed by atoms with Crippen LogP contribution in [0, 0.1) is 0 Å².